The summed E-state index contributed by atoms with van der Waals surface area (Å²) in [6, 6.07) is 17.4. The monoisotopic (exact) mass is 282 g/mol. The topological polar surface area (TPSA) is 46.5 Å². The normalized spacial score (nSPS) is 11.2. The average molecular weight is 282 g/mol. The van der Waals surface area contributed by atoms with Crippen molar-refractivity contribution in [1.29, 1.82) is 0 Å². The van der Waals surface area contributed by atoms with Gasteiger partial charge in [-0.15, -0.1) is 0 Å². The van der Waals surface area contributed by atoms with Crippen LogP contribution in [0.25, 0.3) is 5.57 Å². The zero-order chi connectivity index (χ0) is 15.1. The minimum Gasteiger partial charge on any atom is -0.460 e. The van der Waals surface area contributed by atoms with Crippen LogP contribution >= 0.6 is 0 Å². The van der Waals surface area contributed by atoms with Crippen LogP contribution in [0.1, 0.15) is 28.4 Å². The van der Waals surface area contributed by atoms with E-state index in [2.05, 4.69) is 18.2 Å². The van der Waals surface area contributed by atoms with Gasteiger partial charge >= 0.3 is 5.97 Å². The van der Waals surface area contributed by atoms with Gasteiger partial charge in [-0.1, -0.05) is 48.5 Å². The molecule has 1 N–H and O–H groups in total. The maximum absolute atomic E-state index is 11.7. The zero-order valence-corrected chi connectivity index (χ0v) is 12.0. The number of carbonyl (C=O) groups is 1. The molecule has 2 aromatic rings. The molecule has 0 aromatic heterocycles. The molecule has 0 aliphatic heterocycles. The fourth-order valence-electron chi connectivity index (χ4n) is 2.13. The number of aliphatic hydroxyl groups is 1. The summed E-state index contributed by atoms with van der Waals surface area (Å²) < 4.78 is 4.88. The number of allylic oxidation sites excluding steroid dienone is 1. The lowest BCUT2D eigenvalue weighted by atomic mass is 9.97. The first kappa shape index (κ1) is 15.0. The van der Waals surface area contributed by atoms with Crippen LogP contribution in [0, 0.1) is 0 Å². The fourth-order valence-corrected chi connectivity index (χ4v) is 2.13. The Balaban J connectivity index is 2.20. The van der Waals surface area contributed by atoms with Crippen LogP contribution in [0.3, 0.4) is 0 Å². The molecule has 2 rings (SSSR count). The smallest absolute Gasteiger partial charge is 0.338 e. The van der Waals surface area contributed by atoms with E-state index in [-0.39, 0.29) is 13.2 Å². The van der Waals surface area contributed by atoms with Crippen LogP contribution in [0.4, 0.5) is 0 Å². The van der Waals surface area contributed by atoms with Gasteiger partial charge in [0.05, 0.1) is 12.2 Å². The summed E-state index contributed by atoms with van der Waals surface area (Å²) in [5.41, 5.74) is 3.78. The van der Waals surface area contributed by atoms with Crippen molar-refractivity contribution >= 4 is 11.5 Å². The number of rotatable bonds is 5. The Morgan fingerprint density at radius 2 is 1.57 bits per heavy atom. The summed E-state index contributed by atoms with van der Waals surface area (Å²) in [4.78, 5) is 11.7. The molecule has 0 heterocycles. The van der Waals surface area contributed by atoms with Crippen molar-refractivity contribution in [3.63, 3.8) is 0 Å². The molecule has 0 radical (unpaired) electrons. The van der Waals surface area contributed by atoms with Gasteiger partial charge in [0.25, 0.3) is 0 Å². The summed E-state index contributed by atoms with van der Waals surface area (Å²) in [6.45, 7) is 1.84. The van der Waals surface area contributed by atoms with Crippen molar-refractivity contribution in [2.75, 3.05) is 13.2 Å². The fraction of sp³-hybridized carbons (Fsp3) is 0.167. The summed E-state index contributed by atoms with van der Waals surface area (Å²) in [5.74, 6) is -0.419. The summed E-state index contributed by atoms with van der Waals surface area (Å²) in [7, 11) is 0. The predicted octanol–water partition coefficient (Wildman–Crippen LogP) is 3.29. The molecule has 0 aliphatic carbocycles. The number of ether oxygens (including phenoxy) is 1. The highest BCUT2D eigenvalue weighted by molar-refractivity contribution is 5.90. The van der Waals surface area contributed by atoms with E-state index < -0.39 is 5.97 Å². The van der Waals surface area contributed by atoms with E-state index in [0.29, 0.717) is 5.56 Å². The Morgan fingerprint density at radius 1 is 1.00 bits per heavy atom. The van der Waals surface area contributed by atoms with Gasteiger partial charge in [-0.2, -0.15) is 0 Å². The Hall–Kier alpha value is -2.39. The van der Waals surface area contributed by atoms with E-state index >= 15 is 0 Å². The third kappa shape index (κ3) is 3.80. The van der Waals surface area contributed by atoms with Crippen molar-refractivity contribution in [2.24, 2.45) is 0 Å². The quantitative estimate of drug-likeness (QED) is 0.856. The van der Waals surface area contributed by atoms with E-state index in [9.17, 15) is 4.79 Å². The Bertz CT molecular complexity index is 613. The van der Waals surface area contributed by atoms with Crippen LogP contribution in [0.15, 0.2) is 60.7 Å². The third-order valence-corrected chi connectivity index (χ3v) is 3.13. The van der Waals surface area contributed by atoms with Gasteiger partial charge in [0, 0.05) is 0 Å². The Morgan fingerprint density at radius 3 is 2.14 bits per heavy atom. The largest absolute Gasteiger partial charge is 0.460 e. The summed E-state index contributed by atoms with van der Waals surface area (Å²) in [6.07, 6.45) is 2.05. The van der Waals surface area contributed by atoms with Crippen molar-refractivity contribution in [3.05, 3.63) is 77.4 Å². The summed E-state index contributed by atoms with van der Waals surface area (Å²) in [5, 5.41) is 8.65. The van der Waals surface area contributed by atoms with Crippen LogP contribution < -0.4 is 0 Å². The highest BCUT2D eigenvalue weighted by Crippen LogP contribution is 2.23. The minimum absolute atomic E-state index is 0.0186. The molecular weight excluding hydrogens is 264 g/mol. The molecule has 0 aliphatic rings. The molecule has 0 spiro atoms. The lowest BCUT2D eigenvalue weighted by molar-refractivity contribution is 0.0434. The lowest BCUT2D eigenvalue weighted by Crippen LogP contribution is -2.08. The highest BCUT2D eigenvalue weighted by Gasteiger charge is 2.08. The predicted molar refractivity (Wildman–Crippen MR) is 83.0 cm³/mol. The zero-order valence-electron chi connectivity index (χ0n) is 12.0. The average Bonchev–Trinajstić information content (AvgIpc) is 2.55. The number of benzene rings is 2. The molecule has 0 unspecified atom stereocenters. The second-order valence-corrected chi connectivity index (χ2v) is 4.51. The van der Waals surface area contributed by atoms with E-state index in [1.54, 1.807) is 12.1 Å². The number of carbonyl (C=O) groups excluding carboxylic acids is 1. The van der Waals surface area contributed by atoms with Crippen molar-refractivity contribution < 1.29 is 14.6 Å². The van der Waals surface area contributed by atoms with Gasteiger partial charge in [0.15, 0.2) is 0 Å². The van der Waals surface area contributed by atoms with Gasteiger partial charge in [0.2, 0.25) is 0 Å². The molecule has 0 saturated heterocycles. The standard InChI is InChI=1S/C18H18O3/c1-2-17(14-6-4-3-5-7-14)15-8-10-16(11-9-15)18(20)21-13-12-19/h2-11,19H,12-13H2,1H3/b17-2+. The van der Waals surface area contributed by atoms with Crippen LogP contribution in [-0.2, 0) is 4.74 Å². The van der Waals surface area contributed by atoms with Gasteiger partial charge < -0.3 is 9.84 Å². The van der Waals surface area contributed by atoms with E-state index in [0.717, 1.165) is 16.7 Å². The molecule has 0 saturated carbocycles. The number of hydrogen-bond acceptors (Lipinski definition) is 3. The molecule has 0 atom stereocenters. The maximum atomic E-state index is 11.7. The molecule has 21 heavy (non-hydrogen) atoms. The minimum atomic E-state index is -0.419. The van der Waals surface area contributed by atoms with Gasteiger partial charge in [-0.05, 0) is 35.8 Å². The first-order chi connectivity index (χ1) is 10.3. The maximum Gasteiger partial charge on any atom is 0.338 e. The van der Waals surface area contributed by atoms with Crippen molar-refractivity contribution in [1.82, 2.24) is 0 Å². The third-order valence-electron chi connectivity index (χ3n) is 3.13. The molecule has 0 amide bonds. The Labute approximate surface area is 124 Å². The highest BCUT2D eigenvalue weighted by atomic mass is 16.5. The molecule has 3 heteroatoms. The van der Waals surface area contributed by atoms with Gasteiger partial charge in [-0.25, -0.2) is 4.79 Å². The number of hydrogen-bond donors (Lipinski definition) is 1. The van der Waals surface area contributed by atoms with Gasteiger partial charge in [-0.3, -0.25) is 0 Å². The summed E-state index contributed by atoms with van der Waals surface area (Å²) >= 11 is 0. The molecule has 3 nitrogen and oxygen atoms in total. The van der Waals surface area contributed by atoms with E-state index in [1.165, 1.54) is 0 Å². The molecular formula is C18H18O3. The first-order valence-electron chi connectivity index (χ1n) is 6.86. The van der Waals surface area contributed by atoms with Crippen LogP contribution in [-0.4, -0.2) is 24.3 Å². The van der Waals surface area contributed by atoms with Crippen molar-refractivity contribution in [3.8, 4) is 0 Å². The lowest BCUT2D eigenvalue weighted by Gasteiger charge is -2.09. The number of esters is 1. The van der Waals surface area contributed by atoms with Gasteiger partial charge in [0.1, 0.15) is 6.61 Å². The number of aliphatic hydroxyl groups excluding tert-OH is 1. The first-order valence-corrected chi connectivity index (χ1v) is 6.86. The molecule has 108 valence electrons. The van der Waals surface area contributed by atoms with Crippen molar-refractivity contribution in [2.45, 2.75) is 6.92 Å². The second-order valence-electron chi connectivity index (χ2n) is 4.51. The van der Waals surface area contributed by atoms with Crippen LogP contribution in [0.2, 0.25) is 0 Å². The van der Waals surface area contributed by atoms with Crippen LogP contribution in [0.5, 0.6) is 0 Å². The Kier molecular flexibility index (Phi) is 5.29. The molecule has 0 fully saturated rings. The molecule has 2 aromatic carbocycles. The second kappa shape index (κ2) is 7.41. The SMILES string of the molecule is C/C=C(\c1ccccc1)c1ccc(C(=O)OCCO)cc1. The molecule has 0 bridgehead atoms. The van der Waals surface area contributed by atoms with E-state index in [4.69, 9.17) is 9.84 Å². The van der Waals surface area contributed by atoms with E-state index in [1.807, 2.05) is 37.3 Å².